The highest BCUT2D eigenvalue weighted by Crippen LogP contribution is 2.49. The van der Waals surface area contributed by atoms with E-state index >= 15 is 0 Å². The lowest BCUT2D eigenvalue weighted by atomic mass is 9.80. The Hall–Kier alpha value is -2.75. The number of carbonyl (C=O) groups excluding carboxylic acids is 1. The van der Waals surface area contributed by atoms with Crippen molar-refractivity contribution in [1.29, 1.82) is 0 Å². The van der Waals surface area contributed by atoms with E-state index in [9.17, 15) is 31.1 Å². The van der Waals surface area contributed by atoms with Gasteiger partial charge in [0, 0.05) is 19.1 Å². The molecule has 2 aromatic carbocycles. The number of benzene rings is 2. The maximum atomic E-state index is 13.9. The van der Waals surface area contributed by atoms with Crippen molar-refractivity contribution in [2.75, 3.05) is 20.2 Å². The van der Waals surface area contributed by atoms with E-state index in [-0.39, 0.29) is 29.8 Å². The van der Waals surface area contributed by atoms with E-state index in [2.05, 4.69) is 12.1 Å². The number of aryl methyl sites for hydroxylation is 1. The zero-order chi connectivity index (χ0) is 30.4. The minimum absolute atomic E-state index is 0.0340. The van der Waals surface area contributed by atoms with Crippen molar-refractivity contribution in [2.45, 2.75) is 88.7 Å². The number of hydrogen-bond donors (Lipinski definition) is 0. The number of fused-ring (bicyclic) bond motifs is 1. The van der Waals surface area contributed by atoms with Gasteiger partial charge in [-0.2, -0.15) is 26.3 Å². The van der Waals surface area contributed by atoms with Crippen molar-refractivity contribution in [1.82, 2.24) is 4.90 Å². The molecule has 3 unspecified atom stereocenters. The van der Waals surface area contributed by atoms with Crippen LogP contribution in [0.5, 0.6) is 5.75 Å². The molecule has 2 heterocycles. The van der Waals surface area contributed by atoms with Gasteiger partial charge >= 0.3 is 18.3 Å². The van der Waals surface area contributed by atoms with Gasteiger partial charge < -0.3 is 9.47 Å². The highest BCUT2D eigenvalue weighted by molar-refractivity contribution is 5.73. The second-order valence-electron chi connectivity index (χ2n) is 12.1. The van der Waals surface area contributed by atoms with Gasteiger partial charge in [-0.1, -0.05) is 26.0 Å². The Labute approximate surface area is 242 Å². The Morgan fingerprint density at radius 1 is 1.02 bits per heavy atom. The molecule has 2 fully saturated rings. The Bertz CT molecular complexity index is 1290. The number of nitrogens with zero attached hydrogens (tertiary/aromatic N) is 1. The molecule has 0 radical (unpaired) electrons. The zero-order valence-corrected chi connectivity index (χ0v) is 24.1. The third kappa shape index (κ3) is 6.15. The number of ether oxygens (including phenoxy) is 2. The summed E-state index contributed by atoms with van der Waals surface area (Å²) >= 11 is 0. The first-order valence-electron chi connectivity index (χ1n) is 14.7. The second kappa shape index (κ2) is 11.4. The van der Waals surface area contributed by atoms with E-state index in [1.54, 1.807) is 6.92 Å². The number of rotatable bonds is 7. The maximum absolute atomic E-state index is 13.9. The van der Waals surface area contributed by atoms with Crippen molar-refractivity contribution >= 4 is 5.97 Å². The van der Waals surface area contributed by atoms with Crippen LogP contribution in [0, 0.1) is 11.8 Å². The van der Waals surface area contributed by atoms with Gasteiger partial charge in [-0.3, -0.25) is 9.69 Å². The summed E-state index contributed by atoms with van der Waals surface area (Å²) in [5.41, 5.74) is -0.808. The molecule has 0 aromatic heterocycles. The molecule has 4 nitrogen and oxygen atoms in total. The normalized spacial score (nSPS) is 21.3. The minimum Gasteiger partial charge on any atom is -0.487 e. The molecule has 1 spiro atoms. The fourth-order valence-electron chi connectivity index (χ4n) is 7.03. The van der Waals surface area contributed by atoms with Crippen LogP contribution in [0.4, 0.5) is 26.3 Å². The van der Waals surface area contributed by atoms with Crippen LogP contribution in [0.2, 0.25) is 0 Å². The largest absolute Gasteiger partial charge is 0.487 e. The molecule has 1 saturated heterocycles. The molecule has 3 aliphatic rings. The van der Waals surface area contributed by atoms with Crippen LogP contribution in [0.25, 0.3) is 0 Å². The predicted molar refractivity (Wildman–Crippen MR) is 145 cm³/mol. The summed E-state index contributed by atoms with van der Waals surface area (Å²) in [5.74, 6) is 0.700. The molecule has 0 amide bonds. The number of carbonyl (C=O) groups is 1. The van der Waals surface area contributed by atoms with E-state index in [1.807, 2.05) is 17.9 Å². The van der Waals surface area contributed by atoms with Gasteiger partial charge in [0.1, 0.15) is 11.4 Å². The standard InChI is InChI=1S/C32H37F6NO3/c1-4-26(24-18-23(31(33,34)35)9-10-25(24)32(36,37)38)39-15-13-30(14-16-39)12-11-20-5-8-22(17-27(20)42-30)28(21-6-7-21)19(2)29(40)41-3/h5,8-10,17-19,21,26,28H,4,6-7,11-16H2,1-3H3. The molecular formula is C32H37F6NO3. The highest BCUT2D eigenvalue weighted by atomic mass is 19.4. The Balaban J connectivity index is 1.35. The first-order valence-corrected chi connectivity index (χ1v) is 14.7. The van der Waals surface area contributed by atoms with Crippen LogP contribution >= 0.6 is 0 Å². The van der Waals surface area contributed by atoms with Crippen LogP contribution in [0.3, 0.4) is 0 Å². The Kier molecular flexibility index (Phi) is 8.33. The van der Waals surface area contributed by atoms with Crippen molar-refractivity contribution in [3.05, 3.63) is 64.2 Å². The first kappa shape index (κ1) is 30.7. The quantitative estimate of drug-likeness (QED) is 0.238. The van der Waals surface area contributed by atoms with Crippen LogP contribution < -0.4 is 4.74 Å². The van der Waals surface area contributed by atoms with Gasteiger partial charge in [0.05, 0.1) is 24.2 Å². The van der Waals surface area contributed by atoms with Crippen LogP contribution in [-0.4, -0.2) is 36.7 Å². The smallest absolute Gasteiger partial charge is 0.416 e. The molecule has 0 bridgehead atoms. The molecule has 1 saturated carbocycles. The zero-order valence-electron chi connectivity index (χ0n) is 24.1. The molecule has 2 aromatic rings. The van der Waals surface area contributed by atoms with Crippen LogP contribution in [0.1, 0.15) is 92.1 Å². The molecule has 230 valence electrons. The van der Waals surface area contributed by atoms with Crippen LogP contribution in [0.15, 0.2) is 36.4 Å². The molecule has 42 heavy (non-hydrogen) atoms. The van der Waals surface area contributed by atoms with Gasteiger partial charge in [0.2, 0.25) is 0 Å². The van der Waals surface area contributed by atoms with Crippen molar-refractivity contribution in [3.63, 3.8) is 0 Å². The minimum atomic E-state index is -4.76. The summed E-state index contributed by atoms with van der Waals surface area (Å²) in [6.07, 6.45) is -4.48. The van der Waals surface area contributed by atoms with E-state index < -0.39 is 35.1 Å². The number of methoxy groups -OCH3 is 1. The van der Waals surface area contributed by atoms with E-state index in [4.69, 9.17) is 9.47 Å². The molecule has 2 aliphatic heterocycles. The predicted octanol–water partition coefficient (Wildman–Crippen LogP) is 8.34. The van der Waals surface area contributed by atoms with Gasteiger partial charge in [-0.25, -0.2) is 0 Å². The third-order valence-electron chi connectivity index (χ3n) is 9.47. The lowest BCUT2D eigenvalue weighted by Crippen LogP contribution is -2.50. The van der Waals surface area contributed by atoms with Gasteiger partial charge in [0.25, 0.3) is 0 Å². The number of hydrogen-bond acceptors (Lipinski definition) is 4. The monoisotopic (exact) mass is 597 g/mol. The average molecular weight is 598 g/mol. The fraction of sp³-hybridized carbons (Fsp3) is 0.594. The van der Waals surface area contributed by atoms with Crippen molar-refractivity contribution < 1.29 is 40.6 Å². The number of alkyl halides is 6. The van der Waals surface area contributed by atoms with Crippen molar-refractivity contribution in [3.8, 4) is 5.75 Å². The number of piperidine rings is 1. The van der Waals surface area contributed by atoms with E-state index in [0.717, 1.165) is 42.6 Å². The molecule has 10 heteroatoms. The number of esters is 1. The SMILES string of the molecule is CCC(c1cc(C(F)(F)F)ccc1C(F)(F)F)N1CCC2(CCc3ccc(C(C4CC4)C(C)C(=O)OC)cc3O2)CC1. The van der Waals surface area contributed by atoms with E-state index in [0.29, 0.717) is 50.0 Å². The summed E-state index contributed by atoms with van der Waals surface area (Å²) in [4.78, 5) is 14.2. The highest BCUT2D eigenvalue weighted by Gasteiger charge is 2.44. The molecule has 5 rings (SSSR count). The summed E-state index contributed by atoms with van der Waals surface area (Å²) < 4.78 is 93.7. The second-order valence-corrected chi connectivity index (χ2v) is 12.1. The Morgan fingerprint density at radius 2 is 1.71 bits per heavy atom. The average Bonchev–Trinajstić information content (AvgIpc) is 3.78. The molecular weight excluding hydrogens is 560 g/mol. The lowest BCUT2D eigenvalue weighted by molar-refractivity contribution is -0.146. The van der Waals surface area contributed by atoms with E-state index in [1.165, 1.54) is 7.11 Å². The molecule has 0 N–H and O–H groups in total. The molecule has 3 atom stereocenters. The summed E-state index contributed by atoms with van der Waals surface area (Å²) in [7, 11) is 1.40. The van der Waals surface area contributed by atoms with Gasteiger partial charge in [-0.05, 0) is 97.7 Å². The lowest BCUT2D eigenvalue weighted by Gasteiger charge is -2.47. The number of likely N-dealkylation sites (tertiary alicyclic amines) is 1. The summed E-state index contributed by atoms with van der Waals surface area (Å²) in [6.45, 7) is 4.41. The fourth-order valence-corrected chi connectivity index (χ4v) is 7.03. The van der Waals surface area contributed by atoms with Gasteiger partial charge in [0.15, 0.2) is 0 Å². The van der Waals surface area contributed by atoms with Crippen LogP contribution in [-0.2, 0) is 28.3 Å². The first-order chi connectivity index (χ1) is 19.8. The number of halogens is 6. The van der Waals surface area contributed by atoms with Gasteiger partial charge in [-0.15, -0.1) is 0 Å². The maximum Gasteiger partial charge on any atom is 0.416 e. The summed E-state index contributed by atoms with van der Waals surface area (Å²) in [6, 6.07) is 7.10. The Morgan fingerprint density at radius 3 is 2.29 bits per heavy atom. The third-order valence-corrected chi connectivity index (χ3v) is 9.47. The van der Waals surface area contributed by atoms with Crippen molar-refractivity contribution in [2.24, 2.45) is 11.8 Å². The topological polar surface area (TPSA) is 38.8 Å². The molecule has 1 aliphatic carbocycles. The summed E-state index contributed by atoms with van der Waals surface area (Å²) in [5, 5.41) is 0.